The molecule has 0 aromatic heterocycles. The summed E-state index contributed by atoms with van der Waals surface area (Å²) in [5.74, 6) is 2.73. The lowest BCUT2D eigenvalue weighted by Crippen LogP contribution is -2.37. The molecule has 80 valence electrons. The highest BCUT2D eigenvalue weighted by Crippen LogP contribution is 1.95. The van der Waals surface area contributed by atoms with E-state index in [1.807, 2.05) is 0 Å². The molecule has 0 saturated carbocycles. The molecule has 0 radical (unpaired) electrons. The number of nitrogens with zero attached hydrogens (tertiary/aromatic N) is 2. The fourth-order valence-electron chi connectivity index (χ4n) is 1.14. The third kappa shape index (κ3) is 5.60. The highest BCUT2D eigenvalue weighted by molar-refractivity contribution is 5.77. The standard InChI is InChI=1S/C11H20N2O/c1-5-7-9-13(8-6-2)10-11(14)12(3)4/h1H,6-10H2,2-4H3. The molecule has 0 rings (SSSR count). The van der Waals surface area contributed by atoms with Crippen LogP contribution in [0, 0.1) is 12.3 Å². The number of rotatable bonds is 6. The smallest absolute Gasteiger partial charge is 0.236 e. The van der Waals surface area contributed by atoms with Crippen molar-refractivity contribution in [1.82, 2.24) is 9.80 Å². The van der Waals surface area contributed by atoms with Gasteiger partial charge in [-0.15, -0.1) is 12.3 Å². The first-order valence-electron chi connectivity index (χ1n) is 4.97. The molecule has 3 heteroatoms. The minimum absolute atomic E-state index is 0.135. The molecule has 0 aromatic rings. The Balaban J connectivity index is 3.96. The summed E-state index contributed by atoms with van der Waals surface area (Å²) in [7, 11) is 3.54. The molecule has 0 saturated heterocycles. The molecule has 0 aromatic carbocycles. The minimum Gasteiger partial charge on any atom is -0.348 e. The summed E-state index contributed by atoms with van der Waals surface area (Å²) in [5.41, 5.74) is 0. The van der Waals surface area contributed by atoms with Gasteiger partial charge in [0.25, 0.3) is 0 Å². The second-order valence-electron chi connectivity index (χ2n) is 3.52. The van der Waals surface area contributed by atoms with E-state index in [9.17, 15) is 4.79 Å². The van der Waals surface area contributed by atoms with Crippen LogP contribution in [0.5, 0.6) is 0 Å². The van der Waals surface area contributed by atoms with E-state index in [-0.39, 0.29) is 5.91 Å². The van der Waals surface area contributed by atoms with Crippen LogP contribution in [-0.2, 0) is 4.79 Å². The van der Waals surface area contributed by atoms with Crippen LogP contribution < -0.4 is 0 Å². The highest BCUT2D eigenvalue weighted by Gasteiger charge is 2.10. The van der Waals surface area contributed by atoms with Crippen molar-refractivity contribution in [3.05, 3.63) is 0 Å². The second kappa shape index (κ2) is 7.40. The van der Waals surface area contributed by atoms with Gasteiger partial charge in [0.2, 0.25) is 5.91 Å². The molecule has 1 amide bonds. The van der Waals surface area contributed by atoms with Gasteiger partial charge in [-0.25, -0.2) is 0 Å². The Hall–Kier alpha value is -1.01. The van der Waals surface area contributed by atoms with Gasteiger partial charge in [-0.1, -0.05) is 6.92 Å². The van der Waals surface area contributed by atoms with E-state index >= 15 is 0 Å². The SMILES string of the molecule is C#CCCN(CCC)CC(=O)N(C)C. The normalized spacial score (nSPS) is 9.93. The molecule has 0 spiro atoms. The van der Waals surface area contributed by atoms with Gasteiger partial charge < -0.3 is 4.90 Å². The van der Waals surface area contributed by atoms with Crippen LogP contribution in [0.3, 0.4) is 0 Å². The number of hydrogen-bond acceptors (Lipinski definition) is 2. The number of terminal acetylenes is 1. The predicted molar refractivity (Wildman–Crippen MR) is 58.9 cm³/mol. The van der Waals surface area contributed by atoms with Gasteiger partial charge in [0, 0.05) is 27.1 Å². The quantitative estimate of drug-likeness (QED) is 0.587. The van der Waals surface area contributed by atoms with E-state index in [0.717, 1.165) is 19.5 Å². The van der Waals surface area contributed by atoms with Crippen molar-refractivity contribution in [3.8, 4) is 12.3 Å². The predicted octanol–water partition coefficient (Wildman–Crippen LogP) is 0.810. The van der Waals surface area contributed by atoms with Crippen molar-refractivity contribution in [3.63, 3.8) is 0 Å². The van der Waals surface area contributed by atoms with E-state index in [0.29, 0.717) is 13.0 Å². The number of carbonyl (C=O) groups excluding carboxylic acids is 1. The van der Waals surface area contributed by atoms with Crippen LogP contribution in [0.4, 0.5) is 0 Å². The fourth-order valence-corrected chi connectivity index (χ4v) is 1.14. The molecular weight excluding hydrogens is 176 g/mol. The van der Waals surface area contributed by atoms with E-state index in [1.165, 1.54) is 0 Å². The summed E-state index contributed by atoms with van der Waals surface area (Å²) in [5, 5.41) is 0. The van der Waals surface area contributed by atoms with Crippen LogP contribution in [0.15, 0.2) is 0 Å². The Morgan fingerprint density at radius 1 is 1.36 bits per heavy atom. The maximum absolute atomic E-state index is 11.4. The zero-order valence-electron chi connectivity index (χ0n) is 9.42. The topological polar surface area (TPSA) is 23.6 Å². The van der Waals surface area contributed by atoms with Gasteiger partial charge in [-0.05, 0) is 13.0 Å². The lowest BCUT2D eigenvalue weighted by Gasteiger charge is -2.21. The number of hydrogen-bond donors (Lipinski definition) is 0. The molecule has 0 unspecified atom stereocenters. The largest absolute Gasteiger partial charge is 0.348 e. The number of carbonyl (C=O) groups is 1. The van der Waals surface area contributed by atoms with Crippen LogP contribution in [0.1, 0.15) is 19.8 Å². The summed E-state index contributed by atoms with van der Waals surface area (Å²) in [6, 6.07) is 0. The molecule has 0 aliphatic carbocycles. The lowest BCUT2D eigenvalue weighted by atomic mass is 10.3. The van der Waals surface area contributed by atoms with Crippen LogP contribution >= 0.6 is 0 Å². The molecule has 0 N–H and O–H groups in total. The first kappa shape index (κ1) is 13.0. The minimum atomic E-state index is 0.135. The Labute approximate surface area is 87.1 Å². The van der Waals surface area contributed by atoms with Crippen molar-refractivity contribution < 1.29 is 4.79 Å². The maximum Gasteiger partial charge on any atom is 0.236 e. The van der Waals surface area contributed by atoms with Crippen molar-refractivity contribution in [1.29, 1.82) is 0 Å². The van der Waals surface area contributed by atoms with Crippen molar-refractivity contribution >= 4 is 5.91 Å². The average molecular weight is 196 g/mol. The van der Waals surface area contributed by atoms with Gasteiger partial charge in [-0.3, -0.25) is 9.69 Å². The second-order valence-corrected chi connectivity index (χ2v) is 3.52. The molecule has 0 fully saturated rings. The average Bonchev–Trinajstić information content (AvgIpc) is 2.14. The third-order valence-corrected chi connectivity index (χ3v) is 1.97. The summed E-state index contributed by atoms with van der Waals surface area (Å²) >= 11 is 0. The number of amides is 1. The lowest BCUT2D eigenvalue weighted by molar-refractivity contribution is -0.129. The first-order chi connectivity index (χ1) is 6.61. The summed E-state index contributed by atoms with van der Waals surface area (Å²) in [4.78, 5) is 15.1. The Morgan fingerprint density at radius 3 is 2.43 bits per heavy atom. The van der Waals surface area contributed by atoms with Crippen molar-refractivity contribution in [2.45, 2.75) is 19.8 Å². The maximum atomic E-state index is 11.4. The van der Waals surface area contributed by atoms with Gasteiger partial charge in [0.15, 0.2) is 0 Å². The Bertz CT molecular complexity index is 206. The molecule has 0 atom stereocenters. The van der Waals surface area contributed by atoms with E-state index < -0.39 is 0 Å². The van der Waals surface area contributed by atoms with Gasteiger partial charge in [-0.2, -0.15) is 0 Å². The van der Waals surface area contributed by atoms with Gasteiger partial charge >= 0.3 is 0 Å². The molecule has 0 heterocycles. The summed E-state index contributed by atoms with van der Waals surface area (Å²) in [6.45, 7) is 4.32. The first-order valence-corrected chi connectivity index (χ1v) is 4.97. The summed E-state index contributed by atoms with van der Waals surface area (Å²) < 4.78 is 0. The molecule has 0 aliphatic rings. The van der Waals surface area contributed by atoms with Crippen LogP contribution in [-0.4, -0.2) is 49.4 Å². The monoisotopic (exact) mass is 196 g/mol. The zero-order valence-corrected chi connectivity index (χ0v) is 9.42. The van der Waals surface area contributed by atoms with Crippen molar-refractivity contribution in [2.24, 2.45) is 0 Å². The zero-order chi connectivity index (χ0) is 11.0. The van der Waals surface area contributed by atoms with Crippen molar-refractivity contribution in [2.75, 3.05) is 33.7 Å². The van der Waals surface area contributed by atoms with Gasteiger partial charge in [0.05, 0.1) is 6.54 Å². The molecule has 0 bridgehead atoms. The van der Waals surface area contributed by atoms with E-state index in [2.05, 4.69) is 17.7 Å². The van der Waals surface area contributed by atoms with E-state index in [1.54, 1.807) is 19.0 Å². The van der Waals surface area contributed by atoms with Gasteiger partial charge in [0.1, 0.15) is 0 Å². The van der Waals surface area contributed by atoms with E-state index in [4.69, 9.17) is 6.42 Å². The Kier molecular flexibility index (Phi) is 6.87. The van der Waals surface area contributed by atoms with Crippen LogP contribution in [0.25, 0.3) is 0 Å². The molecular formula is C11H20N2O. The number of likely N-dealkylation sites (N-methyl/N-ethyl adjacent to an activating group) is 1. The fraction of sp³-hybridized carbons (Fsp3) is 0.727. The molecule has 0 aliphatic heterocycles. The Morgan fingerprint density at radius 2 is 2.00 bits per heavy atom. The van der Waals surface area contributed by atoms with Crippen LogP contribution in [0.2, 0.25) is 0 Å². The summed E-state index contributed by atoms with van der Waals surface area (Å²) in [6.07, 6.45) is 6.95. The molecule has 3 nitrogen and oxygen atoms in total. The third-order valence-electron chi connectivity index (χ3n) is 1.97. The highest BCUT2D eigenvalue weighted by atomic mass is 16.2. The molecule has 14 heavy (non-hydrogen) atoms.